The van der Waals surface area contributed by atoms with Gasteiger partial charge >= 0.3 is 5.97 Å². The molecule has 0 saturated carbocycles. The zero-order valence-electron chi connectivity index (χ0n) is 24.8. The number of ether oxygens (including phenoxy) is 1. The summed E-state index contributed by atoms with van der Waals surface area (Å²) in [6.45, 7) is 14.2. The van der Waals surface area contributed by atoms with Gasteiger partial charge in [-0.05, 0) is 57.9 Å². The number of carbonyl (C=O) groups is 3. The van der Waals surface area contributed by atoms with Crippen LogP contribution in [0.1, 0.15) is 77.3 Å². The second-order valence-corrected chi connectivity index (χ2v) is 13.8. The number of benzene rings is 1. The van der Waals surface area contributed by atoms with E-state index in [1.807, 2.05) is 48.2 Å². The molecule has 3 aliphatic heterocycles. The molecule has 2 bridgehead atoms. The fourth-order valence-electron chi connectivity index (χ4n) is 7.38. The number of fused-ring (bicyclic) bond motifs is 1. The Morgan fingerprint density at radius 1 is 1.22 bits per heavy atom. The maximum Gasteiger partial charge on any atom is 0.311 e. The summed E-state index contributed by atoms with van der Waals surface area (Å²) < 4.78 is 4.51. The Balaban J connectivity index is 1.77. The summed E-state index contributed by atoms with van der Waals surface area (Å²) in [6, 6.07) is 7.83. The van der Waals surface area contributed by atoms with Crippen molar-refractivity contribution in [3.63, 3.8) is 0 Å². The third kappa shape index (κ3) is 5.62. The highest BCUT2D eigenvalue weighted by Crippen LogP contribution is 2.72. The van der Waals surface area contributed by atoms with Crippen molar-refractivity contribution in [1.29, 1.82) is 0 Å². The van der Waals surface area contributed by atoms with Gasteiger partial charge < -0.3 is 19.6 Å². The second kappa shape index (κ2) is 13.2. The van der Waals surface area contributed by atoms with Crippen molar-refractivity contribution in [3.05, 3.63) is 61.2 Å². The molecule has 0 radical (unpaired) electrons. The van der Waals surface area contributed by atoms with E-state index in [1.54, 1.807) is 22.7 Å². The van der Waals surface area contributed by atoms with Crippen LogP contribution < -0.4 is 0 Å². The normalized spacial score (nSPS) is 29.6. The number of carbonyl (C=O) groups excluding carboxylic acids is 3. The molecule has 3 saturated heterocycles. The first kappa shape index (κ1) is 31.4. The summed E-state index contributed by atoms with van der Waals surface area (Å²) in [7, 11) is 0. The molecule has 1 aromatic rings. The number of amides is 2. The zero-order valence-corrected chi connectivity index (χ0v) is 25.6. The van der Waals surface area contributed by atoms with Gasteiger partial charge in [0.15, 0.2) is 0 Å². The van der Waals surface area contributed by atoms with Crippen LogP contribution in [0.25, 0.3) is 0 Å². The Kier molecular flexibility index (Phi) is 10.1. The lowest BCUT2D eigenvalue weighted by Crippen LogP contribution is -2.57. The van der Waals surface area contributed by atoms with Crippen molar-refractivity contribution >= 4 is 29.5 Å². The third-order valence-electron chi connectivity index (χ3n) is 9.29. The lowest BCUT2D eigenvalue weighted by atomic mass is 9.66. The molecule has 7 nitrogen and oxygen atoms in total. The molecule has 7 atom stereocenters. The van der Waals surface area contributed by atoms with Gasteiger partial charge in [-0.25, -0.2) is 0 Å². The van der Waals surface area contributed by atoms with E-state index in [9.17, 15) is 19.5 Å². The molecule has 8 heteroatoms. The van der Waals surface area contributed by atoms with Crippen LogP contribution in [0.3, 0.4) is 0 Å². The molecule has 3 aliphatic rings. The molecule has 0 aromatic heterocycles. The smallest absolute Gasteiger partial charge is 0.311 e. The molecule has 3 fully saturated rings. The Hall–Kier alpha value is -2.58. The number of rotatable bonds is 15. The average molecular weight is 583 g/mol. The number of aliphatic hydroxyl groups excluding tert-OH is 1. The van der Waals surface area contributed by atoms with Gasteiger partial charge in [0.25, 0.3) is 0 Å². The van der Waals surface area contributed by atoms with Gasteiger partial charge in [0.05, 0.1) is 35.8 Å². The molecule has 1 N–H and O–H groups in total. The zero-order chi connectivity index (χ0) is 29.8. The van der Waals surface area contributed by atoms with Crippen LogP contribution in [0.5, 0.6) is 0 Å². The topological polar surface area (TPSA) is 87.1 Å². The van der Waals surface area contributed by atoms with Gasteiger partial charge in [-0.2, -0.15) is 0 Å². The summed E-state index contributed by atoms with van der Waals surface area (Å²) in [5, 5.41) is 10.7. The van der Waals surface area contributed by atoms with Gasteiger partial charge in [-0.15, -0.1) is 24.9 Å². The van der Waals surface area contributed by atoms with E-state index in [2.05, 4.69) is 27.0 Å². The highest BCUT2D eigenvalue weighted by molar-refractivity contribution is 8.02. The summed E-state index contributed by atoms with van der Waals surface area (Å²) in [5.41, 5.74) is 0.765. The molecule has 1 spiro atoms. The Morgan fingerprint density at radius 2 is 1.95 bits per heavy atom. The minimum Gasteiger partial charge on any atom is -0.465 e. The number of hydrogen-bond donors (Lipinski definition) is 1. The van der Waals surface area contributed by atoms with Crippen LogP contribution in [0.2, 0.25) is 0 Å². The third-order valence-corrected chi connectivity index (χ3v) is 11.3. The minimum atomic E-state index is -0.811. The van der Waals surface area contributed by atoms with Gasteiger partial charge in [0.1, 0.15) is 6.04 Å². The number of esters is 1. The lowest BCUT2D eigenvalue weighted by molar-refractivity contribution is -0.156. The molecule has 4 rings (SSSR count). The molecule has 3 heterocycles. The van der Waals surface area contributed by atoms with E-state index in [0.717, 1.165) is 44.1 Å². The standard InChI is InChI=1S/C33H46N2O5S/c1-6-9-10-14-21-40-31(39)27-26-29(37)35(25(22-36)24-16-12-11-13-17-24)28(33(26)19-18-32(27,5)41-33)30(38)34(20-8-3)23(4)15-7-2/h6,8,11-13,16-17,23,25-28,36H,1,3,7,9-10,14-15,18-22H2,2,4-5H3/t23?,25-,26+,27-,28?,32+,33?/m1/s1. The SMILES string of the molecule is C=CCCCCOC(=O)[C@H]1[C@H]2C(=O)N([C@H](CO)c3ccccc3)C(C(=O)N(CC=C)C(C)CCC)C23CC[C@]1(C)S3. The monoisotopic (exact) mass is 582 g/mol. The number of aliphatic hydroxyl groups is 1. The van der Waals surface area contributed by atoms with E-state index < -0.39 is 33.4 Å². The number of hydrogen-bond acceptors (Lipinski definition) is 6. The fraction of sp³-hybridized carbons (Fsp3) is 0.606. The number of nitrogens with zero attached hydrogens (tertiary/aromatic N) is 2. The number of thioether (sulfide) groups is 1. The quantitative estimate of drug-likeness (QED) is 0.172. The van der Waals surface area contributed by atoms with Crippen molar-refractivity contribution < 1.29 is 24.2 Å². The predicted octanol–water partition coefficient (Wildman–Crippen LogP) is 5.30. The number of unbranched alkanes of at least 4 members (excludes halogenated alkanes) is 2. The molecule has 224 valence electrons. The van der Waals surface area contributed by atoms with Crippen LogP contribution >= 0.6 is 11.8 Å². The first-order valence-corrected chi connectivity index (χ1v) is 15.9. The van der Waals surface area contributed by atoms with Crippen LogP contribution in [0.15, 0.2) is 55.6 Å². The first-order chi connectivity index (χ1) is 19.7. The maximum absolute atomic E-state index is 14.7. The summed E-state index contributed by atoms with van der Waals surface area (Å²) >= 11 is 1.63. The maximum atomic E-state index is 14.7. The molecule has 3 unspecified atom stereocenters. The van der Waals surface area contributed by atoms with Gasteiger partial charge in [-0.1, -0.05) is 55.8 Å². The Bertz CT molecular complexity index is 1130. The highest BCUT2D eigenvalue weighted by atomic mass is 32.2. The van der Waals surface area contributed by atoms with Crippen molar-refractivity contribution in [1.82, 2.24) is 9.80 Å². The van der Waals surface area contributed by atoms with Crippen LogP contribution in [-0.4, -0.2) is 74.0 Å². The van der Waals surface area contributed by atoms with E-state index in [-0.39, 0.29) is 30.4 Å². The summed E-state index contributed by atoms with van der Waals surface area (Å²) in [6.07, 6.45) is 9.17. The molecule has 2 amide bonds. The van der Waals surface area contributed by atoms with E-state index in [4.69, 9.17) is 4.74 Å². The summed E-state index contributed by atoms with van der Waals surface area (Å²) in [5.74, 6) is -2.06. The van der Waals surface area contributed by atoms with Crippen molar-refractivity contribution in [2.45, 2.75) is 93.3 Å². The van der Waals surface area contributed by atoms with Gasteiger partial charge in [-0.3, -0.25) is 14.4 Å². The second-order valence-electron chi connectivity index (χ2n) is 12.0. The molecule has 0 aliphatic carbocycles. The van der Waals surface area contributed by atoms with Crippen LogP contribution in [0, 0.1) is 11.8 Å². The predicted molar refractivity (Wildman–Crippen MR) is 163 cm³/mol. The van der Waals surface area contributed by atoms with Gasteiger partial charge in [0.2, 0.25) is 11.8 Å². The molecular formula is C33H46N2O5S. The molecule has 1 aromatic carbocycles. The van der Waals surface area contributed by atoms with Crippen molar-refractivity contribution in [2.24, 2.45) is 11.8 Å². The fourth-order valence-corrected chi connectivity index (χ4v) is 9.70. The van der Waals surface area contributed by atoms with Crippen LogP contribution in [-0.2, 0) is 19.1 Å². The van der Waals surface area contributed by atoms with Crippen LogP contribution in [0.4, 0.5) is 0 Å². The van der Waals surface area contributed by atoms with Gasteiger partial charge in [0, 0.05) is 17.3 Å². The minimum absolute atomic E-state index is 0.0438. The number of allylic oxidation sites excluding steroid dienone is 1. The Labute approximate surface area is 249 Å². The van der Waals surface area contributed by atoms with Crippen molar-refractivity contribution in [3.8, 4) is 0 Å². The largest absolute Gasteiger partial charge is 0.465 e. The van der Waals surface area contributed by atoms with E-state index in [1.165, 1.54) is 0 Å². The molecule has 41 heavy (non-hydrogen) atoms. The number of likely N-dealkylation sites (tertiary alicyclic amines) is 1. The lowest BCUT2D eigenvalue weighted by Gasteiger charge is -2.41. The van der Waals surface area contributed by atoms with E-state index in [0.29, 0.717) is 19.6 Å². The van der Waals surface area contributed by atoms with Crippen molar-refractivity contribution in [2.75, 3.05) is 19.8 Å². The first-order valence-electron chi connectivity index (χ1n) is 15.1. The molecular weight excluding hydrogens is 536 g/mol. The highest BCUT2D eigenvalue weighted by Gasteiger charge is 2.78. The van der Waals surface area contributed by atoms with E-state index >= 15 is 0 Å². The summed E-state index contributed by atoms with van der Waals surface area (Å²) in [4.78, 5) is 46.5. The average Bonchev–Trinajstić information content (AvgIpc) is 3.53. The Morgan fingerprint density at radius 3 is 2.59 bits per heavy atom.